The highest BCUT2D eigenvalue weighted by atomic mass is 32.2. The average molecular weight is 254 g/mol. The van der Waals surface area contributed by atoms with Crippen molar-refractivity contribution in [3.63, 3.8) is 0 Å². The summed E-state index contributed by atoms with van der Waals surface area (Å²) in [6.07, 6.45) is 0. The van der Waals surface area contributed by atoms with E-state index >= 15 is 0 Å². The maximum Gasteiger partial charge on any atom is 0.235 e. The van der Waals surface area contributed by atoms with Crippen LogP contribution in [0, 0.1) is 18.3 Å². The fourth-order valence-corrected chi connectivity index (χ4v) is 2.26. The van der Waals surface area contributed by atoms with Crippen LogP contribution in [-0.2, 0) is 14.8 Å². The number of nitrogens with one attached hydrogen (secondary N) is 1. The number of nitriles is 1. The second-order valence-electron chi connectivity index (χ2n) is 3.56. The highest BCUT2D eigenvalue weighted by Gasteiger charge is 2.11. The number of anilines is 1. The molecule has 0 aromatic heterocycles. The third-order valence-corrected chi connectivity index (χ3v) is 3.42. The minimum atomic E-state index is -3.43. The van der Waals surface area contributed by atoms with Gasteiger partial charge in [-0.15, -0.1) is 0 Å². The Morgan fingerprint density at radius 2 is 2.18 bits per heavy atom. The van der Waals surface area contributed by atoms with Gasteiger partial charge in [-0.25, -0.2) is 8.42 Å². The summed E-state index contributed by atoms with van der Waals surface area (Å²) in [4.78, 5) is 0. The highest BCUT2D eigenvalue weighted by molar-refractivity contribution is 7.92. The third kappa shape index (κ3) is 4.06. The van der Waals surface area contributed by atoms with Crippen LogP contribution in [0.5, 0.6) is 0 Å². The molecule has 0 aliphatic rings. The number of sulfonamides is 1. The fraction of sp³-hybridized carbons (Fsp3) is 0.364. The predicted octanol–water partition coefficient (Wildman–Crippen LogP) is 1.25. The Morgan fingerprint density at radius 3 is 2.76 bits per heavy atom. The molecule has 1 aromatic carbocycles. The molecule has 0 amide bonds. The molecule has 0 atom stereocenters. The molecule has 0 unspecified atom stereocenters. The highest BCUT2D eigenvalue weighted by Crippen LogP contribution is 2.17. The molecule has 92 valence electrons. The fourth-order valence-electron chi connectivity index (χ4n) is 1.21. The van der Waals surface area contributed by atoms with Gasteiger partial charge in [0.05, 0.1) is 29.7 Å². The molecular weight excluding hydrogens is 240 g/mol. The normalized spacial score (nSPS) is 10.9. The van der Waals surface area contributed by atoms with E-state index in [9.17, 15) is 8.42 Å². The number of hydrogen-bond acceptors (Lipinski definition) is 4. The van der Waals surface area contributed by atoms with Crippen molar-refractivity contribution in [1.29, 1.82) is 5.26 Å². The van der Waals surface area contributed by atoms with Crippen molar-refractivity contribution in [2.75, 3.05) is 24.2 Å². The average Bonchev–Trinajstić information content (AvgIpc) is 2.29. The first-order valence-electron chi connectivity index (χ1n) is 4.98. The Bertz CT molecular complexity index is 532. The molecule has 0 aliphatic heterocycles. The summed E-state index contributed by atoms with van der Waals surface area (Å²) in [5.74, 6) is -0.111. The first kappa shape index (κ1) is 13.5. The van der Waals surface area contributed by atoms with Crippen molar-refractivity contribution in [3.05, 3.63) is 29.3 Å². The molecule has 6 heteroatoms. The van der Waals surface area contributed by atoms with Crippen molar-refractivity contribution in [1.82, 2.24) is 0 Å². The summed E-state index contributed by atoms with van der Waals surface area (Å²) in [5.41, 5.74) is 1.62. The number of hydrogen-bond donors (Lipinski definition) is 1. The van der Waals surface area contributed by atoms with E-state index in [1.807, 2.05) is 6.07 Å². The van der Waals surface area contributed by atoms with E-state index in [0.717, 1.165) is 5.56 Å². The summed E-state index contributed by atoms with van der Waals surface area (Å²) >= 11 is 0. The second-order valence-corrected chi connectivity index (χ2v) is 5.40. The summed E-state index contributed by atoms with van der Waals surface area (Å²) in [5, 5.41) is 8.75. The molecule has 0 saturated heterocycles. The summed E-state index contributed by atoms with van der Waals surface area (Å²) in [6, 6.07) is 6.82. The van der Waals surface area contributed by atoms with Crippen molar-refractivity contribution in [3.8, 4) is 6.07 Å². The topological polar surface area (TPSA) is 79.2 Å². The van der Waals surface area contributed by atoms with E-state index in [1.54, 1.807) is 19.1 Å². The molecule has 0 aliphatic carbocycles. The van der Waals surface area contributed by atoms with Gasteiger partial charge < -0.3 is 4.74 Å². The molecular formula is C11H14N2O3S. The van der Waals surface area contributed by atoms with Gasteiger partial charge in [-0.1, -0.05) is 6.07 Å². The molecule has 0 radical (unpaired) electrons. The molecule has 5 nitrogen and oxygen atoms in total. The molecule has 1 N–H and O–H groups in total. The molecule has 0 spiro atoms. The zero-order valence-corrected chi connectivity index (χ0v) is 10.5. The molecule has 1 aromatic rings. The van der Waals surface area contributed by atoms with Crippen LogP contribution in [0.1, 0.15) is 11.1 Å². The molecule has 0 fully saturated rings. The predicted molar refractivity (Wildman–Crippen MR) is 65.2 cm³/mol. The Labute approximate surface area is 101 Å². The molecule has 0 bridgehead atoms. The van der Waals surface area contributed by atoms with E-state index in [-0.39, 0.29) is 12.4 Å². The number of aryl methyl sites for hydroxylation is 1. The SMILES string of the molecule is COCCS(=O)(=O)Nc1cc(C#N)ccc1C. The van der Waals surface area contributed by atoms with Crippen molar-refractivity contribution >= 4 is 15.7 Å². The monoisotopic (exact) mass is 254 g/mol. The van der Waals surface area contributed by atoms with Crippen LogP contribution in [0.15, 0.2) is 18.2 Å². The maximum absolute atomic E-state index is 11.6. The molecule has 1 rings (SSSR count). The number of ether oxygens (including phenoxy) is 1. The van der Waals surface area contributed by atoms with E-state index in [4.69, 9.17) is 10.00 Å². The summed E-state index contributed by atoms with van der Waals surface area (Å²) in [6.45, 7) is 1.90. The van der Waals surface area contributed by atoms with Gasteiger partial charge in [0, 0.05) is 7.11 Å². The van der Waals surface area contributed by atoms with Gasteiger partial charge >= 0.3 is 0 Å². The van der Waals surface area contributed by atoms with Crippen LogP contribution in [0.2, 0.25) is 0 Å². The molecule has 0 saturated carbocycles. The Balaban J connectivity index is 2.91. The standard InChI is InChI=1S/C11H14N2O3S/c1-9-3-4-10(8-12)7-11(9)13-17(14,15)6-5-16-2/h3-4,7,13H,5-6H2,1-2H3. The van der Waals surface area contributed by atoms with Crippen molar-refractivity contribution in [2.24, 2.45) is 0 Å². The second kappa shape index (κ2) is 5.66. The largest absolute Gasteiger partial charge is 0.384 e. The Morgan fingerprint density at radius 1 is 1.47 bits per heavy atom. The number of methoxy groups -OCH3 is 1. The third-order valence-electron chi connectivity index (χ3n) is 2.19. The molecule has 17 heavy (non-hydrogen) atoms. The quantitative estimate of drug-likeness (QED) is 0.857. The Hall–Kier alpha value is -1.58. The smallest absolute Gasteiger partial charge is 0.235 e. The van der Waals surface area contributed by atoms with Gasteiger partial charge in [-0.05, 0) is 24.6 Å². The Kier molecular flexibility index (Phi) is 4.49. The lowest BCUT2D eigenvalue weighted by atomic mass is 10.1. The van der Waals surface area contributed by atoms with Crippen LogP contribution in [0.3, 0.4) is 0 Å². The zero-order valence-electron chi connectivity index (χ0n) is 9.73. The van der Waals surface area contributed by atoms with Crippen LogP contribution < -0.4 is 4.72 Å². The van der Waals surface area contributed by atoms with Crippen molar-refractivity contribution in [2.45, 2.75) is 6.92 Å². The van der Waals surface area contributed by atoms with Crippen LogP contribution in [0.4, 0.5) is 5.69 Å². The number of rotatable bonds is 5. The summed E-state index contributed by atoms with van der Waals surface area (Å²) in [7, 11) is -1.99. The van der Waals surface area contributed by atoms with Crippen LogP contribution in [0.25, 0.3) is 0 Å². The van der Waals surface area contributed by atoms with Gasteiger partial charge in [0.15, 0.2) is 0 Å². The van der Waals surface area contributed by atoms with Crippen molar-refractivity contribution < 1.29 is 13.2 Å². The number of benzene rings is 1. The van der Waals surface area contributed by atoms with Crippen LogP contribution >= 0.6 is 0 Å². The lowest BCUT2D eigenvalue weighted by molar-refractivity contribution is 0.217. The molecule has 0 heterocycles. The minimum absolute atomic E-state index is 0.111. The zero-order chi connectivity index (χ0) is 12.9. The number of nitrogens with zero attached hydrogens (tertiary/aromatic N) is 1. The maximum atomic E-state index is 11.6. The van der Waals surface area contributed by atoms with E-state index < -0.39 is 10.0 Å². The van der Waals surface area contributed by atoms with Gasteiger partial charge in [-0.2, -0.15) is 5.26 Å². The van der Waals surface area contributed by atoms with E-state index in [0.29, 0.717) is 11.3 Å². The lowest BCUT2D eigenvalue weighted by Crippen LogP contribution is -2.20. The van der Waals surface area contributed by atoms with E-state index in [1.165, 1.54) is 13.2 Å². The summed E-state index contributed by atoms with van der Waals surface area (Å²) < 4.78 is 30.4. The minimum Gasteiger partial charge on any atom is -0.384 e. The van der Waals surface area contributed by atoms with Gasteiger partial charge in [-0.3, -0.25) is 4.72 Å². The van der Waals surface area contributed by atoms with E-state index in [2.05, 4.69) is 4.72 Å². The lowest BCUT2D eigenvalue weighted by Gasteiger charge is -2.10. The van der Waals surface area contributed by atoms with Gasteiger partial charge in [0.25, 0.3) is 0 Å². The van der Waals surface area contributed by atoms with Crippen LogP contribution in [-0.4, -0.2) is 27.9 Å². The first-order valence-corrected chi connectivity index (χ1v) is 6.64. The van der Waals surface area contributed by atoms with Gasteiger partial charge in [0.1, 0.15) is 0 Å². The first-order chi connectivity index (χ1) is 7.98. The van der Waals surface area contributed by atoms with Gasteiger partial charge in [0.2, 0.25) is 10.0 Å².